The number of hydrogen-bond donors (Lipinski definition) is 1. The van der Waals surface area contributed by atoms with Gasteiger partial charge in [0, 0.05) is 12.6 Å². The maximum Gasteiger partial charge on any atom is 0.335 e. The molecule has 1 aromatic carbocycles. The summed E-state index contributed by atoms with van der Waals surface area (Å²) in [4.78, 5) is 9.54. The van der Waals surface area contributed by atoms with Crippen molar-refractivity contribution in [1.82, 2.24) is 0 Å². The summed E-state index contributed by atoms with van der Waals surface area (Å²) in [6.07, 6.45) is 0. The maximum atomic E-state index is 13.0. The van der Waals surface area contributed by atoms with Crippen molar-refractivity contribution in [2.75, 3.05) is 5.32 Å². The molecule has 0 radical (unpaired) electrons. The zero-order valence-electron chi connectivity index (χ0n) is 7.62. The Morgan fingerprint density at radius 3 is 2.40 bits per heavy atom. The van der Waals surface area contributed by atoms with Crippen molar-refractivity contribution in [3.8, 4) is 0 Å². The molecule has 0 aliphatic rings. The summed E-state index contributed by atoms with van der Waals surface area (Å²) >= 11 is 0. The largest absolute Gasteiger partial charge is 0.335 e. The molecule has 0 aliphatic carbocycles. The highest BCUT2D eigenvalue weighted by Crippen LogP contribution is 2.20. The van der Waals surface area contributed by atoms with E-state index in [1.807, 2.05) is 0 Å². The van der Waals surface area contributed by atoms with Crippen LogP contribution < -0.4 is 5.32 Å². The number of amides is 1. The lowest BCUT2D eigenvalue weighted by Crippen LogP contribution is -2.06. The average molecular weight is 235 g/mol. The van der Waals surface area contributed by atoms with Gasteiger partial charge in [-0.1, -0.05) is 0 Å². The van der Waals surface area contributed by atoms with Gasteiger partial charge in [0.2, 0.25) is 5.91 Å². The minimum atomic E-state index is -5.07. The summed E-state index contributed by atoms with van der Waals surface area (Å²) < 4.78 is 46.2. The van der Waals surface area contributed by atoms with Crippen molar-refractivity contribution in [2.45, 2.75) is 11.8 Å². The van der Waals surface area contributed by atoms with Crippen LogP contribution in [0.3, 0.4) is 0 Å². The van der Waals surface area contributed by atoms with Gasteiger partial charge in [-0.25, -0.2) is 4.39 Å². The SMILES string of the molecule is CC(=O)Nc1ccc(S(=O)(=O)F)c(F)c1. The van der Waals surface area contributed by atoms with Gasteiger partial charge in [-0.15, -0.1) is 3.89 Å². The third kappa shape index (κ3) is 2.98. The van der Waals surface area contributed by atoms with Gasteiger partial charge < -0.3 is 5.32 Å². The van der Waals surface area contributed by atoms with Gasteiger partial charge in [0.05, 0.1) is 0 Å². The molecular weight excluding hydrogens is 228 g/mol. The Hall–Kier alpha value is -1.50. The molecule has 1 aromatic rings. The Balaban J connectivity index is 3.15. The molecule has 1 rings (SSSR count). The topological polar surface area (TPSA) is 63.2 Å². The molecule has 0 aromatic heterocycles. The van der Waals surface area contributed by atoms with Gasteiger partial charge in [0.15, 0.2) is 0 Å². The fourth-order valence-electron chi connectivity index (χ4n) is 0.980. The minimum absolute atomic E-state index is 0.0624. The molecule has 0 saturated carbocycles. The smallest absolute Gasteiger partial charge is 0.326 e. The third-order valence-electron chi connectivity index (χ3n) is 1.51. The summed E-state index contributed by atoms with van der Waals surface area (Å²) in [7, 11) is -5.07. The number of hydrogen-bond acceptors (Lipinski definition) is 3. The predicted octanol–water partition coefficient (Wildman–Crippen LogP) is 1.44. The fourth-order valence-corrected chi connectivity index (χ4v) is 1.50. The molecule has 0 aliphatic heterocycles. The highest BCUT2D eigenvalue weighted by molar-refractivity contribution is 7.86. The van der Waals surface area contributed by atoms with Crippen LogP contribution in [0, 0.1) is 5.82 Å². The van der Waals surface area contributed by atoms with Gasteiger partial charge in [0.1, 0.15) is 10.7 Å². The summed E-state index contributed by atoms with van der Waals surface area (Å²) in [5.41, 5.74) is 0.0624. The minimum Gasteiger partial charge on any atom is -0.326 e. The Labute approximate surface area is 85.1 Å². The van der Waals surface area contributed by atoms with Crippen molar-refractivity contribution in [2.24, 2.45) is 0 Å². The molecule has 0 unspecified atom stereocenters. The number of rotatable bonds is 2. The van der Waals surface area contributed by atoms with Crippen LogP contribution in [-0.4, -0.2) is 14.3 Å². The Morgan fingerprint density at radius 1 is 1.40 bits per heavy atom. The molecule has 4 nitrogen and oxygen atoms in total. The molecule has 7 heteroatoms. The van der Waals surface area contributed by atoms with E-state index < -0.39 is 26.8 Å². The van der Waals surface area contributed by atoms with E-state index in [4.69, 9.17) is 0 Å². The van der Waals surface area contributed by atoms with Crippen LogP contribution >= 0.6 is 0 Å². The quantitative estimate of drug-likeness (QED) is 0.789. The van der Waals surface area contributed by atoms with Crippen LogP contribution in [0.15, 0.2) is 23.1 Å². The third-order valence-corrected chi connectivity index (χ3v) is 2.37. The highest BCUT2D eigenvalue weighted by atomic mass is 32.3. The van der Waals surface area contributed by atoms with E-state index in [2.05, 4.69) is 5.32 Å². The van der Waals surface area contributed by atoms with E-state index in [1.165, 1.54) is 6.92 Å². The van der Waals surface area contributed by atoms with Crippen LogP contribution in [-0.2, 0) is 15.0 Å². The summed E-state index contributed by atoms with van der Waals surface area (Å²) in [6, 6.07) is 2.57. The first kappa shape index (κ1) is 11.6. The zero-order chi connectivity index (χ0) is 11.6. The Bertz CT molecular complexity index is 499. The van der Waals surface area contributed by atoms with E-state index >= 15 is 0 Å². The lowest BCUT2D eigenvalue weighted by molar-refractivity contribution is -0.114. The summed E-state index contributed by atoms with van der Waals surface area (Å²) in [6.45, 7) is 1.21. The first-order valence-corrected chi connectivity index (χ1v) is 5.21. The van der Waals surface area contributed by atoms with E-state index in [0.29, 0.717) is 0 Å². The monoisotopic (exact) mass is 235 g/mol. The van der Waals surface area contributed by atoms with Gasteiger partial charge in [-0.05, 0) is 18.2 Å². The van der Waals surface area contributed by atoms with Crippen LogP contribution in [0.4, 0.5) is 14.0 Å². The number of benzene rings is 1. The molecule has 1 N–H and O–H groups in total. The molecule has 82 valence electrons. The number of carbonyl (C=O) groups is 1. The normalized spacial score (nSPS) is 11.1. The molecule has 0 bridgehead atoms. The molecule has 0 spiro atoms. The highest BCUT2D eigenvalue weighted by Gasteiger charge is 2.17. The van der Waals surface area contributed by atoms with Crippen LogP contribution in [0.1, 0.15) is 6.92 Å². The number of halogens is 2. The maximum absolute atomic E-state index is 13.0. The first-order chi connectivity index (χ1) is 6.80. The molecule has 15 heavy (non-hydrogen) atoms. The van der Waals surface area contributed by atoms with Crippen LogP contribution in [0.2, 0.25) is 0 Å². The van der Waals surface area contributed by atoms with Crippen LogP contribution in [0.5, 0.6) is 0 Å². The molecule has 1 amide bonds. The van der Waals surface area contributed by atoms with Gasteiger partial charge in [-0.2, -0.15) is 8.42 Å². The predicted molar refractivity (Wildman–Crippen MR) is 49.0 cm³/mol. The van der Waals surface area contributed by atoms with Crippen molar-refractivity contribution in [3.63, 3.8) is 0 Å². The standard InChI is InChI=1S/C8H7F2NO3S/c1-5(12)11-6-2-3-8(7(9)4-6)15(10,13)14/h2-4H,1H3,(H,11,12). The Kier molecular flexibility index (Phi) is 3.04. The molecule has 0 heterocycles. The van der Waals surface area contributed by atoms with Gasteiger partial charge in [0.25, 0.3) is 0 Å². The first-order valence-electron chi connectivity index (χ1n) is 3.82. The van der Waals surface area contributed by atoms with Crippen LogP contribution in [0.25, 0.3) is 0 Å². The van der Waals surface area contributed by atoms with Gasteiger partial charge in [-0.3, -0.25) is 4.79 Å². The summed E-state index contributed by atoms with van der Waals surface area (Å²) in [5.74, 6) is -1.69. The fraction of sp³-hybridized carbons (Fsp3) is 0.125. The van der Waals surface area contributed by atoms with Gasteiger partial charge >= 0.3 is 10.2 Å². The second-order valence-corrected chi connectivity index (χ2v) is 4.08. The van der Waals surface area contributed by atoms with E-state index in [1.54, 1.807) is 0 Å². The van der Waals surface area contributed by atoms with E-state index in [-0.39, 0.29) is 5.69 Å². The van der Waals surface area contributed by atoms with Crippen molar-refractivity contribution in [1.29, 1.82) is 0 Å². The Morgan fingerprint density at radius 2 is 2.00 bits per heavy atom. The number of carbonyl (C=O) groups excluding carboxylic acids is 1. The van der Waals surface area contributed by atoms with Crippen molar-refractivity contribution in [3.05, 3.63) is 24.0 Å². The number of nitrogens with one attached hydrogen (secondary N) is 1. The molecule has 0 atom stereocenters. The lowest BCUT2D eigenvalue weighted by atomic mass is 10.3. The lowest BCUT2D eigenvalue weighted by Gasteiger charge is -2.03. The second-order valence-electron chi connectivity index (χ2n) is 2.76. The van der Waals surface area contributed by atoms with Crippen molar-refractivity contribution < 1.29 is 21.5 Å². The second kappa shape index (κ2) is 3.93. The molecular formula is C8H7F2NO3S. The average Bonchev–Trinajstić information content (AvgIpc) is 1.99. The molecule has 0 saturated heterocycles. The number of anilines is 1. The van der Waals surface area contributed by atoms with Crippen molar-refractivity contribution >= 4 is 21.8 Å². The van der Waals surface area contributed by atoms with E-state index in [0.717, 1.165) is 18.2 Å². The zero-order valence-corrected chi connectivity index (χ0v) is 8.44. The summed E-state index contributed by atoms with van der Waals surface area (Å²) in [5, 5.41) is 2.23. The molecule has 0 fully saturated rings. The van der Waals surface area contributed by atoms with E-state index in [9.17, 15) is 21.5 Å².